The highest BCUT2D eigenvalue weighted by atomic mass is 16.5. The summed E-state index contributed by atoms with van der Waals surface area (Å²) >= 11 is 0. The van der Waals surface area contributed by atoms with E-state index in [9.17, 15) is 4.79 Å². The molecule has 0 bridgehead atoms. The van der Waals surface area contributed by atoms with Crippen molar-refractivity contribution in [1.29, 1.82) is 0 Å². The normalized spacial score (nSPS) is 19.0. The Hall–Kier alpha value is -2.21. The maximum atomic E-state index is 12.2. The number of benzene rings is 1. The van der Waals surface area contributed by atoms with Gasteiger partial charge in [-0.05, 0) is 37.5 Å². The summed E-state index contributed by atoms with van der Waals surface area (Å²) in [5, 5.41) is 7.08. The summed E-state index contributed by atoms with van der Waals surface area (Å²) in [6, 6.07) is 7.58. The second-order valence-corrected chi connectivity index (χ2v) is 5.60. The average Bonchev–Trinajstić information content (AvgIpc) is 3.21. The number of ether oxygens (including phenoxy) is 1. The largest absolute Gasteiger partial charge is 0.376 e. The fourth-order valence-electron chi connectivity index (χ4n) is 2.64. The number of nitrogens with one attached hydrogen (secondary N) is 1. The first-order valence-electron chi connectivity index (χ1n) is 7.56. The van der Waals surface area contributed by atoms with E-state index in [1.807, 2.05) is 31.2 Å². The molecule has 0 spiro atoms. The molecule has 1 aliphatic rings. The summed E-state index contributed by atoms with van der Waals surface area (Å²) in [4.78, 5) is 16.2. The number of carbonyl (C=O) groups is 1. The van der Waals surface area contributed by atoms with Crippen LogP contribution in [0.3, 0.4) is 0 Å². The average molecular weight is 300 g/mol. The first kappa shape index (κ1) is 14.7. The predicted octanol–water partition coefficient (Wildman–Crippen LogP) is 1.62. The van der Waals surface area contributed by atoms with Crippen LogP contribution in [0, 0.1) is 0 Å². The van der Waals surface area contributed by atoms with Crippen LogP contribution in [-0.4, -0.2) is 39.4 Å². The van der Waals surface area contributed by atoms with Crippen molar-refractivity contribution >= 4 is 5.91 Å². The smallest absolute Gasteiger partial charge is 0.251 e. The number of carbonyl (C=O) groups excluding carboxylic acids is 1. The molecule has 2 atom stereocenters. The maximum absolute atomic E-state index is 12.2. The van der Waals surface area contributed by atoms with Gasteiger partial charge in [-0.15, -0.1) is 0 Å². The summed E-state index contributed by atoms with van der Waals surface area (Å²) in [5.41, 5.74) is 1.74. The molecule has 1 aromatic heterocycles. The Bertz CT molecular complexity index is 604. The Balaban J connectivity index is 1.58. The van der Waals surface area contributed by atoms with Crippen LogP contribution in [0.4, 0.5) is 0 Å². The van der Waals surface area contributed by atoms with Crippen LogP contribution in [0.5, 0.6) is 0 Å². The summed E-state index contributed by atoms with van der Waals surface area (Å²) in [6.07, 6.45) is 5.40. The van der Waals surface area contributed by atoms with Gasteiger partial charge >= 0.3 is 0 Å². The van der Waals surface area contributed by atoms with E-state index in [0.29, 0.717) is 12.1 Å². The molecule has 1 aromatic carbocycles. The zero-order valence-corrected chi connectivity index (χ0v) is 12.6. The fraction of sp³-hybridized carbons (Fsp3) is 0.438. The number of hydrogen-bond acceptors (Lipinski definition) is 4. The molecule has 6 nitrogen and oxygen atoms in total. The van der Waals surface area contributed by atoms with Crippen molar-refractivity contribution in [3.63, 3.8) is 0 Å². The third-order valence-electron chi connectivity index (χ3n) is 3.91. The Kier molecular flexibility index (Phi) is 4.48. The molecule has 6 heteroatoms. The molecule has 1 saturated heterocycles. The van der Waals surface area contributed by atoms with Crippen LogP contribution < -0.4 is 5.32 Å². The lowest BCUT2D eigenvalue weighted by molar-refractivity contribution is 0.0712. The summed E-state index contributed by atoms with van der Waals surface area (Å²) < 4.78 is 7.34. The highest BCUT2D eigenvalue weighted by molar-refractivity contribution is 5.94. The van der Waals surface area contributed by atoms with Gasteiger partial charge in [0.2, 0.25) is 0 Å². The van der Waals surface area contributed by atoms with E-state index in [1.165, 1.54) is 6.33 Å². The van der Waals surface area contributed by atoms with Crippen molar-refractivity contribution in [2.24, 2.45) is 0 Å². The first-order valence-corrected chi connectivity index (χ1v) is 7.56. The van der Waals surface area contributed by atoms with E-state index < -0.39 is 0 Å². The van der Waals surface area contributed by atoms with Crippen molar-refractivity contribution in [2.45, 2.75) is 38.5 Å². The molecule has 0 saturated carbocycles. The molecule has 0 radical (unpaired) electrons. The molecular formula is C16H20N4O2. The molecule has 116 valence electrons. The quantitative estimate of drug-likeness (QED) is 0.911. The summed E-state index contributed by atoms with van der Waals surface area (Å²) in [7, 11) is 0. The van der Waals surface area contributed by atoms with Crippen molar-refractivity contribution in [3.8, 4) is 0 Å². The molecule has 1 aliphatic heterocycles. The van der Waals surface area contributed by atoms with Crippen LogP contribution in [0.15, 0.2) is 36.9 Å². The van der Waals surface area contributed by atoms with Crippen LogP contribution in [0.2, 0.25) is 0 Å². The Morgan fingerprint density at radius 2 is 2.27 bits per heavy atom. The van der Waals surface area contributed by atoms with Crippen molar-refractivity contribution in [2.75, 3.05) is 6.61 Å². The second-order valence-electron chi connectivity index (χ2n) is 5.60. The van der Waals surface area contributed by atoms with E-state index in [1.54, 1.807) is 11.0 Å². The maximum Gasteiger partial charge on any atom is 0.251 e. The molecule has 22 heavy (non-hydrogen) atoms. The van der Waals surface area contributed by atoms with Gasteiger partial charge in [0.15, 0.2) is 0 Å². The lowest BCUT2D eigenvalue weighted by Crippen LogP contribution is -2.40. The van der Waals surface area contributed by atoms with Crippen molar-refractivity contribution in [1.82, 2.24) is 20.1 Å². The Morgan fingerprint density at radius 3 is 2.91 bits per heavy atom. The standard InChI is InChI=1S/C16H20N4O2/c1-12(15-3-2-8-22-15)19-16(21)14-6-4-13(5-7-14)9-20-11-17-10-18-20/h4-7,10-12,15H,2-3,8-9H2,1H3,(H,19,21)/t12-,15+/m1/s1. The predicted molar refractivity (Wildman–Crippen MR) is 81.5 cm³/mol. The molecule has 2 aromatic rings. The van der Waals surface area contributed by atoms with E-state index in [0.717, 1.165) is 25.0 Å². The second kappa shape index (κ2) is 6.70. The lowest BCUT2D eigenvalue weighted by atomic mass is 10.1. The van der Waals surface area contributed by atoms with Crippen molar-refractivity contribution in [3.05, 3.63) is 48.0 Å². The van der Waals surface area contributed by atoms with Crippen LogP contribution in [0.25, 0.3) is 0 Å². The molecule has 1 amide bonds. The molecule has 1 fully saturated rings. The fourth-order valence-corrected chi connectivity index (χ4v) is 2.64. The molecule has 0 aliphatic carbocycles. The van der Waals surface area contributed by atoms with Gasteiger partial charge in [-0.3, -0.25) is 4.79 Å². The van der Waals surface area contributed by atoms with Crippen LogP contribution in [-0.2, 0) is 11.3 Å². The third kappa shape index (κ3) is 3.51. The van der Waals surface area contributed by atoms with E-state index >= 15 is 0 Å². The molecule has 2 heterocycles. The number of amides is 1. The van der Waals surface area contributed by atoms with Crippen LogP contribution in [0.1, 0.15) is 35.7 Å². The van der Waals surface area contributed by atoms with Gasteiger partial charge < -0.3 is 10.1 Å². The number of nitrogens with zero attached hydrogens (tertiary/aromatic N) is 3. The van der Waals surface area contributed by atoms with Crippen LogP contribution >= 0.6 is 0 Å². The van der Waals surface area contributed by atoms with Gasteiger partial charge in [0, 0.05) is 12.2 Å². The first-order chi connectivity index (χ1) is 10.7. The van der Waals surface area contributed by atoms with E-state index in [-0.39, 0.29) is 18.1 Å². The zero-order chi connectivity index (χ0) is 15.4. The topological polar surface area (TPSA) is 69.0 Å². The molecule has 3 rings (SSSR count). The third-order valence-corrected chi connectivity index (χ3v) is 3.91. The molecule has 1 N–H and O–H groups in total. The van der Waals surface area contributed by atoms with Gasteiger partial charge in [0.25, 0.3) is 5.91 Å². The Labute approximate surface area is 129 Å². The minimum atomic E-state index is -0.0599. The summed E-state index contributed by atoms with van der Waals surface area (Å²) in [5.74, 6) is -0.0599. The zero-order valence-electron chi connectivity index (χ0n) is 12.6. The minimum Gasteiger partial charge on any atom is -0.376 e. The van der Waals surface area contributed by atoms with Crippen molar-refractivity contribution < 1.29 is 9.53 Å². The minimum absolute atomic E-state index is 0.0322. The number of aromatic nitrogens is 3. The van der Waals surface area contributed by atoms with Gasteiger partial charge in [-0.2, -0.15) is 5.10 Å². The number of rotatable bonds is 5. The highest BCUT2D eigenvalue weighted by Gasteiger charge is 2.23. The van der Waals surface area contributed by atoms with Gasteiger partial charge in [0.05, 0.1) is 18.7 Å². The van der Waals surface area contributed by atoms with Gasteiger partial charge in [-0.25, -0.2) is 9.67 Å². The van der Waals surface area contributed by atoms with E-state index in [2.05, 4.69) is 15.4 Å². The van der Waals surface area contributed by atoms with Gasteiger partial charge in [0.1, 0.15) is 12.7 Å². The molecule has 0 unspecified atom stereocenters. The van der Waals surface area contributed by atoms with Gasteiger partial charge in [-0.1, -0.05) is 12.1 Å². The summed E-state index contributed by atoms with van der Waals surface area (Å²) in [6.45, 7) is 3.43. The SMILES string of the molecule is C[C@@H](NC(=O)c1ccc(Cn2cncn2)cc1)[C@@H]1CCCO1. The lowest BCUT2D eigenvalue weighted by Gasteiger charge is -2.20. The highest BCUT2D eigenvalue weighted by Crippen LogP contribution is 2.16. The van der Waals surface area contributed by atoms with E-state index in [4.69, 9.17) is 4.74 Å². The monoisotopic (exact) mass is 300 g/mol. The molecular weight excluding hydrogens is 280 g/mol. The Morgan fingerprint density at radius 1 is 1.45 bits per heavy atom. The number of hydrogen-bond donors (Lipinski definition) is 1.